The van der Waals surface area contributed by atoms with Crippen LogP contribution < -0.4 is 0 Å². The molecule has 0 saturated heterocycles. The van der Waals surface area contributed by atoms with Crippen molar-refractivity contribution in [2.24, 2.45) is 0 Å². The quantitative estimate of drug-likeness (QED) is 0.504. The zero-order valence-electron chi connectivity index (χ0n) is 8.23. The molecule has 0 aliphatic heterocycles. The Bertz CT molecular complexity index is 279. The molecule has 0 aromatic rings. The Morgan fingerprint density at radius 2 is 1.60 bits per heavy atom. The minimum absolute atomic E-state index is 0.0319. The van der Waals surface area contributed by atoms with E-state index in [2.05, 4.69) is 0 Å². The maximum absolute atomic E-state index is 12.2. The molecule has 0 spiro atoms. The number of aliphatic hydroxyl groups is 1. The lowest BCUT2D eigenvalue weighted by Gasteiger charge is -2.14. The second kappa shape index (κ2) is 4.68. The molecule has 0 unspecified atom stereocenters. The van der Waals surface area contributed by atoms with Gasteiger partial charge < -0.3 is 5.11 Å². The fraction of sp³-hybridized carbons (Fsp3) is 0.700. The highest BCUT2D eigenvalue weighted by Crippen LogP contribution is 2.30. The fourth-order valence-electron chi connectivity index (χ4n) is 1.65. The Hall–Kier alpha value is -1.00. The number of ketones is 1. The Balaban J connectivity index is 2.92. The maximum Gasteiger partial charge on any atom is 0.449 e. The van der Waals surface area contributed by atoms with Crippen LogP contribution in [0.25, 0.3) is 0 Å². The van der Waals surface area contributed by atoms with Gasteiger partial charge in [0.15, 0.2) is 5.78 Å². The number of hydrogen-bond donors (Lipinski definition) is 1. The van der Waals surface area contributed by atoms with Gasteiger partial charge in [0.25, 0.3) is 0 Å². The predicted octanol–water partition coefficient (Wildman–Crippen LogP) is 3.28. The van der Waals surface area contributed by atoms with Gasteiger partial charge in [-0.3, -0.25) is 4.79 Å². The average Bonchev–Trinajstić information content (AvgIpc) is 2.10. The lowest BCUT2D eigenvalue weighted by Crippen LogP contribution is -2.18. The van der Waals surface area contributed by atoms with Gasteiger partial charge in [-0.05, 0) is 19.3 Å². The van der Waals surface area contributed by atoms with Crippen LogP contribution in [0.1, 0.15) is 38.5 Å². The highest BCUT2D eigenvalue weighted by molar-refractivity contribution is 5.95. The maximum atomic E-state index is 12.2. The van der Waals surface area contributed by atoms with Crippen molar-refractivity contribution < 1.29 is 23.1 Å². The monoisotopic (exact) mass is 222 g/mol. The topological polar surface area (TPSA) is 37.3 Å². The van der Waals surface area contributed by atoms with Gasteiger partial charge in [-0.25, -0.2) is 0 Å². The van der Waals surface area contributed by atoms with Crippen LogP contribution in [0.5, 0.6) is 0 Å². The first-order chi connectivity index (χ1) is 6.93. The predicted molar refractivity (Wildman–Crippen MR) is 48.4 cm³/mol. The Morgan fingerprint density at radius 1 is 1.07 bits per heavy atom. The molecular formula is C10H13F3O2. The molecule has 0 atom stereocenters. The number of carbonyl (C=O) groups excluding carboxylic acids is 1. The van der Waals surface area contributed by atoms with Crippen LogP contribution in [0.3, 0.4) is 0 Å². The van der Waals surface area contributed by atoms with Crippen LogP contribution in [0, 0.1) is 0 Å². The largest absolute Gasteiger partial charge is 0.504 e. The van der Waals surface area contributed by atoms with E-state index in [0.29, 0.717) is 12.8 Å². The number of rotatable bonds is 0. The molecule has 0 amide bonds. The molecule has 0 bridgehead atoms. The summed E-state index contributed by atoms with van der Waals surface area (Å²) in [6, 6.07) is 0. The summed E-state index contributed by atoms with van der Waals surface area (Å²) in [5.41, 5.74) is -0.442. The number of aliphatic hydroxyl groups excluding tert-OH is 1. The van der Waals surface area contributed by atoms with Crippen molar-refractivity contribution in [3.8, 4) is 0 Å². The highest BCUT2D eigenvalue weighted by atomic mass is 19.4. The summed E-state index contributed by atoms with van der Waals surface area (Å²) in [4.78, 5) is 11.3. The van der Waals surface area contributed by atoms with E-state index in [1.54, 1.807) is 0 Å². The first-order valence-electron chi connectivity index (χ1n) is 4.95. The molecule has 1 aliphatic carbocycles. The molecule has 1 rings (SSSR count). The molecule has 0 heterocycles. The van der Waals surface area contributed by atoms with Crippen molar-refractivity contribution in [3.63, 3.8) is 0 Å². The third kappa shape index (κ3) is 3.25. The third-order valence-electron chi connectivity index (χ3n) is 2.47. The van der Waals surface area contributed by atoms with Gasteiger partial charge in [-0.15, -0.1) is 0 Å². The number of allylic oxidation sites excluding steroid dienone is 2. The van der Waals surface area contributed by atoms with Crippen LogP contribution in [0.2, 0.25) is 0 Å². The highest BCUT2D eigenvalue weighted by Gasteiger charge is 2.38. The van der Waals surface area contributed by atoms with Crippen LogP contribution in [-0.2, 0) is 4.79 Å². The molecule has 0 radical (unpaired) electrons. The van der Waals surface area contributed by atoms with Gasteiger partial charge in [0.2, 0.25) is 5.76 Å². The van der Waals surface area contributed by atoms with Crippen molar-refractivity contribution in [2.45, 2.75) is 44.7 Å². The van der Waals surface area contributed by atoms with E-state index in [0.717, 1.165) is 12.8 Å². The van der Waals surface area contributed by atoms with E-state index >= 15 is 0 Å². The van der Waals surface area contributed by atoms with Crippen molar-refractivity contribution in [1.29, 1.82) is 0 Å². The number of halogens is 3. The minimum atomic E-state index is -4.80. The summed E-state index contributed by atoms with van der Waals surface area (Å²) in [6.45, 7) is 0. The minimum Gasteiger partial charge on any atom is -0.504 e. The first kappa shape index (κ1) is 12.1. The van der Waals surface area contributed by atoms with E-state index in [9.17, 15) is 18.0 Å². The zero-order valence-corrected chi connectivity index (χ0v) is 8.23. The molecule has 15 heavy (non-hydrogen) atoms. The molecule has 1 saturated carbocycles. The Morgan fingerprint density at radius 3 is 2.13 bits per heavy atom. The summed E-state index contributed by atoms with van der Waals surface area (Å²) in [6.07, 6.45) is -1.85. The van der Waals surface area contributed by atoms with E-state index in [1.807, 2.05) is 0 Å². The van der Waals surface area contributed by atoms with E-state index in [-0.39, 0.29) is 12.8 Å². The van der Waals surface area contributed by atoms with Crippen molar-refractivity contribution >= 4 is 5.78 Å². The van der Waals surface area contributed by atoms with Crippen molar-refractivity contribution in [1.82, 2.24) is 0 Å². The molecule has 1 N–H and O–H groups in total. The summed E-state index contributed by atoms with van der Waals surface area (Å²) < 4.78 is 36.5. The van der Waals surface area contributed by atoms with E-state index < -0.39 is 23.3 Å². The van der Waals surface area contributed by atoms with Gasteiger partial charge in [-0.2, -0.15) is 13.2 Å². The normalized spacial score (nSPS) is 23.3. The second-order valence-electron chi connectivity index (χ2n) is 3.66. The number of alkyl halides is 3. The van der Waals surface area contributed by atoms with Gasteiger partial charge in [0.1, 0.15) is 0 Å². The van der Waals surface area contributed by atoms with Crippen LogP contribution >= 0.6 is 0 Å². The van der Waals surface area contributed by atoms with Gasteiger partial charge in [0, 0.05) is 12.0 Å². The summed E-state index contributed by atoms with van der Waals surface area (Å²) in [5.74, 6) is -2.26. The lowest BCUT2D eigenvalue weighted by molar-refractivity contribution is -0.127. The molecule has 1 fully saturated rings. The molecule has 5 heteroatoms. The molecular weight excluding hydrogens is 209 g/mol. The van der Waals surface area contributed by atoms with Crippen LogP contribution in [-0.4, -0.2) is 17.1 Å². The molecule has 86 valence electrons. The summed E-state index contributed by atoms with van der Waals surface area (Å²) in [5, 5.41) is 8.93. The fourth-order valence-corrected chi connectivity index (χ4v) is 1.65. The molecule has 0 aromatic heterocycles. The molecule has 2 nitrogen and oxygen atoms in total. The second-order valence-corrected chi connectivity index (χ2v) is 3.66. The van der Waals surface area contributed by atoms with Crippen LogP contribution in [0.15, 0.2) is 11.3 Å². The van der Waals surface area contributed by atoms with E-state index in [1.165, 1.54) is 0 Å². The SMILES string of the molecule is O=C1CCCCCC/C1=C(/O)C(F)(F)F. The van der Waals surface area contributed by atoms with Gasteiger partial charge in [0.05, 0.1) is 0 Å². The van der Waals surface area contributed by atoms with E-state index in [4.69, 9.17) is 5.11 Å². The smallest absolute Gasteiger partial charge is 0.449 e. The average molecular weight is 222 g/mol. The standard InChI is InChI=1S/C10H13F3O2/c11-10(12,13)9(15)7-5-3-1-2-4-6-8(7)14/h15H,1-6H2/b9-7-. The number of hydrogen-bond acceptors (Lipinski definition) is 2. The van der Waals surface area contributed by atoms with Gasteiger partial charge >= 0.3 is 6.18 Å². The molecule has 0 aromatic carbocycles. The number of carbonyl (C=O) groups is 1. The Labute approximate surface area is 85.8 Å². The lowest BCUT2D eigenvalue weighted by atomic mass is 9.94. The first-order valence-corrected chi connectivity index (χ1v) is 4.95. The Kier molecular flexibility index (Phi) is 3.77. The van der Waals surface area contributed by atoms with Crippen molar-refractivity contribution in [3.05, 3.63) is 11.3 Å². The molecule has 1 aliphatic rings. The van der Waals surface area contributed by atoms with Crippen molar-refractivity contribution in [2.75, 3.05) is 0 Å². The summed E-state index contributed by atoms with van der Waals surface area (Å²) >= 11 is 0. The van der Waals surface area contributed by atoms with Gasteiger partial charge in [-0.1, -0.05) is 12.8 Å². The van der Waals surface area contributed by atoms with Crippen LogP contribution in [0.4, 0.5) is 13.2 Å². The summed E-state index contributed by atoms with van der Waals surface area (Å²) in [7, 11) is 0. The third-order valence-corrected chi connectivity index (χ3v) is 2.47. The zero-order chi connectivity index (χ0) is 11.5. The number of Topliss-reactive ketones (excluding diaryl/α,β-unsaturated/α-hetero) is 1.